The lowest BCUT2D eigenvalue weighted by atomic mass is 10.2. The molecule has 0 saturated heterocycles. The van der Waals surface area contributed by atoms with Gasteiger partial charge in [0.2, 0.25) is 5.16 Å². The zero-order valence-electron chi connectivity index (χ0n) is 13.9. The van der Waals surface area contributed by atoms with Crippen molar-refractivity contribution in [3.05, 3.63) is 47.3 Å². The van der Waals surface area contributed by atoms with Crippen LogP contribution in [-0.2, 0) is 0 Å². The fourth-order valence-corrected chi connectivity index (χ4v) is 2.98. The Morgan fingerprint density at radius 1 is 1.17 bits per heavy atom. The van der Waals surface area contributed by atoms with Gasteiger partial charge in [-0.2, -0.15) is 4.98 Å². The van der Waals surface area contributed by atoms with Crippen molar-refractivity contribution in [3.8, 4) is 5.75 Å². The van der Waals surface area contributed by atoms with E-state index in [1.807, 2.05) is 51.1 Å². The van der Waals surface area contributed by atoms with E-state index in [-0.39, 0.29) is 6.61 Å². The lowest BCUT2D eigenvalue weighted by Gasteiger charge is -2.11. The van der Waals surface area contributed by atoms with E-state index in [9.17, 15) is 5.11 Å². The van der Waals surface area contributed by atoms with Gasteiger partial charge in [-0.05, 0) is 39.0 Å². The zero-order chi connectivity index (χ0) is 17.1. The van der Waals surface area contributed by atoms with Crippen LogP contribution in [0.5, 0.6) is 5.75 Å². The Hall–Kier alpha value is -2.12. The number of ether oxygens (including phenoxy) is 1. The molecular formula is C17H20N4O2S. The number of hydrogen-bond acceptors (Lipinski definition) is 6. The van der Waals surface area contributed by atoms with Crippen molar-refractivity contribution < 1.29 is 9.84 Å². The molecule has 0 bridgehead atoms. The molecule has 0 aliphatic rings. The minimum atomic E-state index is -0.598. The Morgan fingerprint density at radius 2 is 1.92 bits per heavy atom. The third-order valence-corrected chi connectivity index (χ3v) is 4.45. The first-order valence-corrected chi connectivity index (χ1v) is 8.71. The highest BCUT2D eigenvalue weighted by Crippen LogP contribution is 2.17. The van der Waals surface area contributed by atoms with Crippen LogP contribution in [0.1, 0.15) is 17.0 Å². The van der Waals surface area contributed by atoms with Gasteiger partial charge in [-0.3, -0.25) is 0 Å². The molecule has 2 aromatic heterocycles. The van der Waals surface area contributed by atoms with Gasteiger partial charge < -0.3 is 9.84 Å². The number of fused-ring (bicyclic) bond motifs is 1. The largest absolute Gasteiger partial charge is 0.491 e. The molecule has 3 aromatic rings. The molecule has 0 aliphatic carbocycles. The van der Waals surface area contributed by atoms with E-state index in [0.717, 1.165) is 17.1 Å². The van der Waals surface area contributed by atoms with E-state index >= 15 is 0 Å². The van der Waals surface area contributed by atoms with E-state index in [4.69, 9.17) is 4.74 Å². The summed E-state index contributed by atoms with van der Waals surface area (Å²) < 4.78 is 7.30. The molecule has 0 radical (unpaired) electrons. The van der Waals surface area contributed by atoms with Crippen LogP contribution in [0.4, 0.5) is 0 Å². The summed E-state index contributed by atoms with van der Waals surface area (Å²) in [6.07, 6.45) is -0.598. The molecule has 6 nitrogen and oxygen atoms in total. The number of benzene rings is 1. The molecule has 0 amide bonds. The standard InChI is InChI=1S/C17H20N4O2S/c1-11-4-6-15(7-5-11)23-9-14(22)10-24-17-19-16-18-12(2)8-13(3)21(16)20-17/h4-8,14,22H,9-10H2,1-3H3. The average molecular weight is 344 g/mol. The van der Waals surface area contributed by atoms with Crippen molar-refractivity contribution in [3.63, 3.8) is 0 Å². The SMILES string of the molecule is Cc1ccc(OCC(O)CSc2nc3nc(C)cc(C)n3n2)cc1. The maximum absolute atomic E-state index is 10.1. The first kappa shape index (κ1) is 16.7. The van der Waals surface area contributed by atoms with Crippen molar-refractivity contribution in [2.24, 2.45) is 0 Å². The highest BCUT2D eigenvalue weighted by atomic mass is 32.2. The van der Waals surface area contributed by atoms with Gasteiger partial charge in [-0.15, -0.1) is 5.10 Å². The molecule has 0 fully saturated rings. The fraction of sp³-hybridized carbons (Fsp3) is 0.353. The van der Waals surface area contributed by atoms with Crippen LogP contribution in [-0.4, -0.2) is 43.2 Å². The van der Waals surface area contributed by atoms with Gasteiger partial charge in [-0.25, -0.2) is 9.50 Å². The summed E-state index contributed by atoms with van der Waals surface area (Å²) >= 11 is 1.39. The minimum Gasteiger partial charge on any atom is -0.491 e. The number of hydrogen-bond donors (Lipinski definition) is 1. The molecule has 24 heavy (non-hydrogen) atoms. The van der Waals surface area contributed by atoms with Crippen LogP contribution in [0.15, 0.2) is 35.5 Å². The van der Waals surface area contributed by atoms with Crippen molar-refractivity contribution in [2.45, 2.75) is 32.0 Å². The third kappa shape index (κ3) is 4.04. The number of aryl methyl sites for hydroxylation is 3. The van der Waals surface area contributed by atoms with E-state index in [2.05, 4.69) is 15.1 Å². The number of aliphatic hydroxyl groups excluding tert-OH is 1. The summed E-state index contributed by atoms with van der Waals surface area (Å²) in [4.78, 5) is 8.74. The number of aliphatic hydroxyl groups is 1. The summed E-state index contributed by atoms with van der Waals surface area (Å²) in [7, 11) is 0. The molecule has 2 heterocycles. The van der Waals surface area contributed by atoms with Crippen LogP contribution in [0.3, 0.4) is 0 Å². The Labute approximate surface area is 144 Å². The van der Waals surface area contributed by atoms with E-state index in [1.165, 1.54) is 17.3 Å². The third-order valence-electron chi connectivity index (χ3n) is 3.47. The molecule has 3 rings (SSSR count). The van der Waals surface area contributed by atoms with Gasteiger partial charge in [0.1, 0.15) is 12.4 Å². The molecule has 1 atom stereocenters. The summed E-state index contributed by atoms with van der Waals surface area (Å²) in [5.74, 6) is 1.80. The maximum atomic E-state index is 10.1. The summed E-state index contributed by atoms with van der Waals surface area (Å²) in [5.41, 5.74) is 3.08. The summed E-state index contributed by atoms with van der Waals surface area (Å²) in [5, 5.41) is 15.1. The Bertz CT molecular complexity index is 832. The molecule has 1 N–H and O–H groups in total. The normalized spacial score (nSPS) is 12.5. The molecule has 0 aliphatic heterocycles. The van der Waals surface area contributed by atoms with Crippen LogP contribution in [0, 0.1) is 20.8 Å². The molecule has 0 spiro atoms. The lowest BCUT2D eigenvalue weighted by molar-refractivity contribution is 0.126. The second-order valence-electron chi connectivity index (χ2n) is 5.73. The smallest absolute Gasteiger partial charge is 0.253 e. The van der Waals surface area contributed by atoms with Gasteiger partial charge in [0.15, 0.2) is 0 Å². The predicted molar refractivity (Wildman–Crippen MR) is 93.7 cm³/mol. The monoisotopic (exact) mass is 344 g/mol. The second kappa shape index (κ2) is 7.19. The lowest BCUT2D eigenvalue weighted by Crippen LogP contribution is -2.20. The van der Waals surface area contributed by atoms with E-state index in [0.29, 0.717) is 16.7 Å². The summed E-state index contributed by atoms with van der Waals surface area (Å²) in [6.45, 7) is 6.16. The number of aromatic nitrogens is 4. The Balaban J connectivity index is 1.55. The van der Waals surface area contributed by atoms with Crippen LogP contribution in [0.2, 0.25) is 0 Å². The highest BCUT2D eigenvalue weighted by molar-refractivity contribution is 7.99. The topological polar surface area (TPSA) is 72.5 Å². The van der Waals surface area contributed by atoms with Gasteiger partial charge in [0.25, 0.3) is 5.78 Å². The first-order valence-electron chi connectivity index (χ1n) is 7.72. The van der Waals surface area contributed by atoms with Gasteiger partial charge in [-0.1, -0.05) is 29.5 Å². The zero-order valence-corrected chi connectivity index (χ0v) is 14.7. The van der Waals surface area contributed by atoms with Crippen molar-refractivity contribution >= 4 is 17.5 Å². The van der Waals surface area contributed by atoms with Crippen molar-refractivity contribution in [1.29, 1.82) is 0 Å². The van der Waals surface area contributed by atoms with Crippen LogP contribution >= 0.6 is 11.8 Å². The molecule has 0 saturated carbocycles. The van der Waals surface area contributed by atoms with Crippen LogP contribution in [0.25, 0.3) is 5.78 Å². The van der Waals surface area contributed by atoms with Gasteiger partial charge in [0.05, 0.1) is 6.10 Å². The summed E-state index contributed by atoms with van der Waals surface area (Å²) in [6, 6.07) is 9.72. The number of nitrogens with zero attached hydrogens (tertiary/aromatic N) is 4. The molecular weight excluding hydrogens is 324 g/mol. The Kier molecular flexibility index (Phi) is 5.01. The fourth-order valence-electron chi connectivity index (χ4n) is 2.25. The van der Waals surface area contributed by atoms with E-state index < -0.39 is 6.10 Å². The Morgan fingerprint density at radius 3 is 2.67 bits per heavy atom. The van der Waals surface area contributed by atoms with Crippen LogP contribution < -0.4 is 4.74 Å². The van der Waals surface area contributed by atoms with Gasteiger partial charge in [0, 0.05) is 17.1 Å². The van der Waals surface area contributed by atoms with Crippen molar-refractivity contribution in [2.75, 3.05) is 12.4 Å². The number of thioether (sulfide) groups is 1. The molecule has 126 valence electrons. The quantitative estimate of drug-likeness (QED) is 0.693. The first-order chi connectivity index (χ1) is 11.5. The second-order valence-corrected chi connectivity index (χ2v) is 6.72. The minimum absolute atomic E-state index is 0.236. The molecule has 1 unspecified atom stereocenters. The maximum Gasteiger partial charge on any atom is 0.253 e. The molecule has 7 heteroatoms. The average Bonchev–Trinajstić information content (AvgIpc) is 2.95. The van der Waals surface area contributed by atoms with Gasteiger partial charge >= 0.3 is 0 Å². The highest BCUT2D eigenvalue weighted by Gasteiger charge is 2.12. The van der Waals surface area contributed by atoms with E-state index in [1.54, 1.807) is 4.52 Å². The molecule has 1 aromatic carbocycles. The van der Waals surface area contributed by atoms with Crippen molar-refractivity contribution in [1.82, 2.24) is 19.6 Å². The number of rotatable bonds is 6. The predicted octanol–water partition coefficient (Wildman–Crippen LogP) is 2.58.